The summed E-state index contributed by atoms with van der Waals surface area (Å²) in [5, 5.41) is 0. The summed E-state index contributed by atoms with van der Waals surface area (Å²) in [4.78, 5) is 15.9. The van der Waals surface area contributed by atoms with Crippen molar-refractivity contribution in [2.45, 2.75) is 26.7 Å². The van der Waals surface area contributed by atoms with E-state index in [-0.39, 0.29) is 0 Å². The Morgan fingerprint density at radius 3 is 2.50 bits per heavy atom. The lowest BCUT2D eigenvalue weighted by Gasteiger charge is -2.11. The van der Waals surface area contributed by atoms with Crippen molar-refractivity contribution in [3.05, 3.63) is 18.2 Å². The van der Waals surface area contributed by atoms with E-state index < -0.39 is 0 Å². The first-order chi connectivity index (χ1) is 6.68. The van der Waals surface area contributed by atoms with Gasteiger partial charge in [0.15, 0.2) is 11.3 Å². The molecular formula is C10H14N4. The number of aromatic nitrogens is 4. The predicted octanol–water partition coefficient (Wildman–Crippen LogP) is 2.11. The summed E-state index contributed by atoms with van der Waals surface area (Å²) in [5.74, 6) is 1.95. The molecule has 0 aliphatic rings. The van der Waals surface area contributed by atoms with Gasteiger partial charge in [-0.1, -0.05) is 20.8 Å². The SMILES string of the molecule is CC(C)C(C)c1nc2nccnc2[nH]1. The molecule has 1 N–H and O–H groups in total. The van der Waals surface area contributed by atoms with Gasteiger partial charge in [0, 0.05) is 18.3 Å². The average Bonchev–Trinajstić information content (AvgIpc) is 2.59. The van der Waals surface area contributed by atoms with Crippen molar-refractivity contribution < 1.29 is 0 Å². The maximum Gasteiger partial charge on any atom is 0.197 e. The molecule has 4 heteroatoms. The van der Waals surface area contributed by atoms with E-state index >= 15 is 0 Å². The predicted molar refractivity (Wildman–Crippen MR) is 54.9 cm³/mol. The van der Waals surface area contributed by atoms with E-state index in [9.17, 15) is 0 Å². The topological polar surface area (TPSA) is 54.5 Å². The van der Waals surface area contributed by atoms with Crippen molar-refractivity contribution in [3.8, 4) is 0 Å². The first-order valence-corrected chi connectivity index (χ1v) is 4.85. The second kappa shape index (κ2) is 3.36. The third-order valence-corrected chi connectivity index (χ3v) is 2.58. The quantitative estimate of drug-likeness (QED) is 0.789. The number of aromatic amines is 1. The highest BCUT2D eigenvalue weighted by molar-refractivity contribution is 5.64. The van der Waals surface area contributed by atoms with Gasteiger partial charge in [0.1, 0.15) is 5.82 Å². The highest BCUT2D eigenvalue weighted by Gasteiger charge is 2.14. The van der Waals surface area contributed by atoms with E-state index in [2.05, 4.69) is 40.7 Å². The Balaban J connectivity index is 2.45. The molecule has 0 aliphatic carbocycles. The molecule has 2 aromatic rings. The molecule has 1 unspecified atom stereocenters. The van der Waals surface area contributed by atoms with Gasteiger partial charge in [0.2, 0.25) is 0 Å². The van der Waals surface area contributed by atoms with Crippen LogP contribution in [0.3, 0.4) is 0 Å². The average molecular weight is 190 g/mol. The van der Waals surface area contributed by atoms with E-state index in [0.29, 0.717) is 17.5 Å². The lowest BCUT2D eigenvalue weighted by Crippen LogP contribution is -2.03. The highest BCUT2D eigenvalue weighted by atomic mass is 15.0. The fraction of sp³-hybridized carbons (Fsp3) is 0.500. The first kappa shape index (κ1) is 9.12. The lowest BCUT2D eigenvalue weighted by molar-refractivity contribution is 0.515. The minimum atomic E-state index is 0.408. The first-order valence-electron chi connectivity index (χ1n) is 4.85. The number of nitrogens with zero attached hydrogens (tertiary/aromatic N) is 3. The summed E-state index contributed by atoms with van der Waals surface area (Å²) < 4.78 is 0. The van der Waals surface area contributed by atoms with Crippen LogP contribution in [-0.2, 0) is 0 Å². The van der Waals surface area contributed by atoms with Crippen LogP contribution in [0.5, 0.6) is 0 Å². The molecule has 0 fully saturated rings. The Hall–Kier alpha value is -1.45. The molecule has 0 spiro atoms. The summed E-state index contributed by atoms with van der Waals surface area (Å²) in [6.45, 7) is 6.51. The fourth-order valence-corrected chi connectivity index (χ4v) is 1.30. The monoisotopic (exact) mass is 190 g/mol. The third-order valence-electron chi connectivity index (χ3n) is 2.58. The van der Waals surface area contributed by atoms with E-state index in [4.69, 9.17) is 0 Å². The molecule has 0 saturated carbocycles. The van der Waals surface area contributed by atoms with E-state index in [1.54, 1.807) is 12.4 Å². The largest absolute Gasteiger partial charge is 0.325 e. The lowest BCUT2D eigenvalue weighted by atomic mass is 9.98. The van der Waals surface area contributed by atoms with Crippen LogP contribution < -0.4 is 0 Å². The Morgan fingerprint density at radius 2 is 1.86 bits per heavy atom. The van der Waals surface area contributed by atoms with Crippen LogP contribution in [0, 0.1) is 5.92 Å². The van der Waals surface area contributed by atoms with Gasteiger partial charge in [-0.2, -0.15) is 0 Å². The van der Waals surface area contributed by atoms with Gasteiger partial charge in [0.05, 0.1) is 0 Å². The van der Waals surface area contributed by atoms with Crippen LogP contribution in [-0.4, -0.2) is 19.9 Å². The van der Waals surface area contributed by atoms with E-state index in [0.717, 1.165) is 11.5 Å². The minimum absolute atomic E-state index is 0.408. The maximum atomic E-state index is 4.40. The summed E-state index contributed by atoms with van der Waals surface area (Å²) in [7, 11) is 0. The smallest absolute Gasteiger partial charge is 0.197 e. The highest BCUT2D eigenvalue weighted by Crippen LogP contribution is 2.21. The number of hydrogen-bond acceptors (Lipinski definition) is 3. The van der Waals surface area contributed by atoms with Crippen molar-refractivity contribution in [1.82, 2.24) is 19.9 Å². The van der Waals surface area contributed by atoms with Gasteiger partial charge in [-0.15, -0.1) is 0 Å². The molecule has 1 atom stereocenters. The number of rotatable bonds is 2. The Morgan fingerprint density at radius 1 is 1.14 bits per heavy atom. The molecule has 0 radical (unpaired) electrons. The molecule has 14 heavy (non-hydrogen) atoms. The van der Waals surface area contributed by atoms with E-state index in [1.807, 2.05) is 0 Å². The van der Waals surface area contributed by atoms with E-state index in [1.165, 1.54) is 0 Å². The van der Waals surface area contributed by atoms with Crippen LogP contribution in [0.2, 0.25) is 0 Å². The molecule has 0 bridgehead atoms. The van der Waals surface area contributed by atoms with Crippen LogP contribution in [0.25, 0.3) is 11.3 Å². The van der Waals surface area contributed by atoms with Crippen molar-refractivity contribution >= 4 is 11.3 Å². The Kier molecular flexibility index (Phi) is 2.19. The van der Waals surface area contributed by atoms with Crippen LogP contribution in [0.15, 0.2) is 12.4 Å². The van der Waals surface area contributed by atoms with Gasteiger partial charge >= 0.3 is 0 Å². The van der Waals surface area contributed by atoms with Crippen LogP contribution in [0.4, 0.5) is 0 Å². The molecule has 2 rings (SSSR count). The Labute approximate surface area is 82.8 Å². The molecule has 0 aliphatic heterocycles. The van der Waals surface area contributed by atoms with Crippen LogP contribution >= 0.6 is 0 Å². The van der Waals surface area contributed by atoms with Crippen molar-refractivity contribution in [3.63, 3.8) is 0 Å². The number of imidazole rings is 1. The van der Waals surface area contributed by atoms with Gasteiger partial charge in [0.25, 0.3) is 0 Å². The fourth-order valence-electron chi connectivity index (χ4n) is 1.30. The zero-order chi connectivity index (χ0) is 10.1. The number of nitrogens with one attached hydrogen (secondary N) is 1. The molecule has 0 amide bonds. The molecule has 4 nitrogen and oxygen atoms in total. The molecule has 0 saturated heterocycles. The van der Waals surface area contributed by atoms with Crippen LogP contribution in [0.1, 0.15) is 32.5 Å². The zero-order valence-corrected chi connectivity index (χ0v) is 8.65. The molecule has 74 valence electrons. The number of H-pyrrole nitrogens is 1. The summed E-state index contributed by atoms with van der Waals surface area (Å²) in [6.07, 6.45) is 3.33. The molecule has 2 aromatic heterocycles. The minimum Gasteiger partial charge on any atom is -0.325 e. The normalized spacial score (nSPS) is 13.7. The van der Waals surface area contributed by atoms with Gasteiger partial charge in [-0.05, 0) is 5.92 Å². The van der Waals surface area contributed by atoms with Crippen molar-refractivity contribution in [2.24, 2.45) is 5.92 Å². The van der Waals surface area contributed by atoms with Gasteiger partial charge in [-0.3, -0.25) is 0 Å². The molecule has 0 aromatic carbocycles. The third kappa shape index (κ3) is 1.47. The van der Waals surface area contributed by atoms with Crippen molar-refractivity contribution in [1.29, 1.82) is 0 Å². The summed E-state index contributed by atoms with van der Waals surface area (Å²) in [6, 6.07) is 0. The van der Waals surface area contributed by atoms with Gasteiger partial charge < -0.3 is 4.98 Å². The number of fused-ring (bicyclic) bond motifs is 1. The molecule has 2 heterocycles. The number of hydrogen-bond donors (Lipinski definition) is 1. The zero-order valence-electron chi connectivity index (χ0n) is 8.65. The standard InChI is InChI=1S/C10H14N4/c1-6(2)7(3)8-13-9-10(14-8)12-5-4-11-9/h4-7H,1-3H3,(H,11,12,13,14). The summed E-state index contributed by atoms with van der Waals surface area (Å²) in [5.41, 5.74) is 1.48. The summed E-state index contributed by atoms with van der Waals surface area (Å²) >= 11 is 0. The second-order valence-corrected chi connectivity index (χ2v) is 3.88. The Bertz CT molecular complexity index is 399. The van der Waals surface area contributed by atoms with Gasteiger partial charge in [-0.25, -0.2) is 15.0 Å². The molecular weight excluding hydrogens is 176 g/mol. The van der Waals surface area contributed by atoms with Crippen molar-refractivity contribution in [2.75, 3.05) is 0 Å². The second-order valence-electron chi connectivity index (χ2n) is 3.88. The maximum absolute atomic E-state index is 4.40.